The quantitative estimate of drug-likeness (QED) is 0.853. The molecule has 0 spiro atoms. The SMILES string of the molecule is COC(=O)[C@@H](N)Cc1ccc(-c2cc(C)ncc2C)cc1.Cl.Cl. The summed E-state index contributed by atoms with van der Waals surface area (Å²) in [6.07, 6.45) is 2.35. The molecular weight excluding hydrogens is 335 g/mol. The van der Waals surface area contributed by atoms with Crippen LogP contribution in [0.2, 0.25) is 0 Å². The lowest BCUT2D eigenvalue weighted by Gasteiger charge is -2.11. The second kappa shape index (κ2) is 9.50. The van der Waals surface area contributed by atoms with Gasteiger partial charge >= 0.3 is 5.97 Å². The van der Waals surface area contributed by atoms with Crippen LogP contribution in [0.4, 0.5) is 0 Å². The van der Waals surface area contributed by atoms with Crippen LogP contribution >= 0.6 is 24.8 Å². The van der Waals surface area contributed by atoms with Gasteiger partial charge < -0.3 is 10.5 Å². The molecule has 0 saturated carbocycles. The van der Waals surface area contributed by atoms with Gasteiger partial charge in [0.15, 0.2) is 0 Å². The molecule has 2 rings (SSSR count). The van der Waals surface area contributed by atoms with Crippen molar-refractivity contribution in [3.05, 3.63) is 53.3 Å². The highest BCUT2D eigenvalue weighted by Gasteiger charge is 2.14. The van der Waals surface area contributed by atoms with Crippen LogP contribution in [0.1, 0.15) is 16.8 Å². The lowest BCUT2D eigenvalue weighted by Crippen LogP contribution is -2.33. The molecule has 6 heteroatoms. The summed E-state index contributed by atoms with van der Waals surface area (Å²) in [4.78, 5) is 15.6. The van der Waals surface area contributed by atoms with E-state index in [1.165, 1.54) is 12.7 Å². The summed E-state index contributed by atoms with van der Waals surface area (Å²) < 4.78 is 4.64. The molecule has 1 atom stereocenters. The van der Waals surface area contributed by atoms with Crippen molar-refractivity contribution in [1.29, 1.82) is 0 Å². The summed E-state index contributed by atoms with van der Waals surface area (Å²) in [6, 6.07) is 9.53. The molecule has 0 aliphatic carbocycles. The van der Waals surface area contributed by atoms with E-state index in [4.69, 9.17) is 5.73 Å². The smallest absolute Gasteiger partial charge is 0.322 e. The Kier molecular flexibility index (Phi) is 8.83. The number of pyridine rings is 1. The largest absolute Gasteiger partial charge is 0.468 e. The average molecular weight is 357 g/mol. The molecule has 0 bridgehead atoms. The van der Waals surface area contributed by atoms with E-state index < -0.39 is 6.04 Å². The molecule has 2 aromatic rings. The molecule has 0 saturated heterocycles. The molecular formula is C17H22Cl2N2O2. The first kappa shape index (κ1) is 21.4. The molecule has 4 nitrogen and oxygen atoms in total. The molecule has 2 N–H and O–H groups in total. The number of halogens is 2. The van der Waals surface area contributed by atoms with Gasteiger partial charge in [-0.05, 0) is 48.6 Å². The Bertz CT molecular complexity index is 646. The Hall–Kier alpha value is -1.62. The summed E-state index contributed by atoms with van der Waals surface area (Å²) in [5.41, 5.74) is 11.2. The van der Waals surface area contributed by atoms with Gasteiger partial charge in [0, 0.05) is 11.9 Å². The fraction of sp³-hybridized carbons (Fsp3) is 0.294. The number of methoxy groups -OCH3 is 1. The zero-order valence-electron chi connectivity index (χ0n) is 13.4. The zero-order valence-corrected chi connectivity index (χ0v) is 15.0. The van der Waals surface area contributed by atoms with Gasteiger partial charge in [0.2, 0.25) is 0 Å². The van der Waals surface area contributed by atoms with Crippen molar-refractivity contribution in [3.63, 3.8) is 0 Å². The Morgan fingerprint density at radius 3 is 2.39 bits per heavy atom. The molecule has 23 heavy (non-hydrogen) atoms. The van der Waals surface area contributed by atoms with Crippen molar-refractivity contribution < 1.29 is 9.53 Å². The van der Waals surface area contributed by atoms with Crippen LogP contribution in [0, 0.1) is 13.8 Å². The second-order valence-electron chi connectivity index (χ2n) is 5.17. The Labute approximate surface area is 149 Å². The van der Waals surface area contributed by atoms with E-state index in [2.05, 4.69) is 15.8 Å². The van der Waals surface area contributed by atoms with E-state index in [1.807, 2.05) is 44.3 Å². The van der Waals surface area contributed by atoms with Crippen LogP contribution in [0.5, 0.6) is 0 Å². The maximum atomic E-state index is 11.3. The van der Waals surface area contributed by atoms with Gasteiger partial charge in [-0.25, -0.2) is 0 Å². The average Bonchev–Trinajstić information content (AvgIpc) is 2.49. The minimum Gasteiger partial charge on any atom is -0.468 e. The second-order valence-corrected chi connectivity index (χ2v) is 5.17. The molecule has 0 radical (unpaired) electrons. The first-order valence-corrected chi connectivity index (χ1v) is 6.87. The number of aromatic nitrogens is 1. The molecule has 0 aliphatic rings. The van der Waals surface area contributed by atoms with E-state index in [1.54, 1.807) is 0 Å². The highest BCUT2D eigenvalue weighted by atomic mass is 35.5. The van der Waals surface area contributed by atoms with Gasteiger partial charge in [-0.15, -0.1) is 24.8 Å². The third-order valence-corrected chi connectivity index (χ3v) is 3.46. The maximum Gasteiger partial charge on any atom is 0.322 e. The highest BCUT2D eigenvalue weighted by Crippen LogP contribution is 2.24. The highest BCUT2D eigenvalue weighted by molar-refractivity contribution is 5.85. The minimum atomic E-state index is -0.620. The molecule has 0 amide bonds. The van der Waals surface area contributed by atoms with Crippen LogP contribution < -0.4 is 5.73 Å². The first-order chi connectivity index (χ1) is 10.0. The number of carbonyl (C=O) groups excluding carboxylic acids is 1. The van der Waals surface area contributed by atoms with Gasteiger partial charge in [-0.3, -0.25) is 9.78 Å². The lowest BCUT2D eigenvalue weighted by molar-refractivity contribution is -0.142. The van der Waals surface area contributed by atoms with Crippen molar-refractivity contribution >= 4 is 30.8 Å². The van der Waals surface area contributed by atoms with Crippen LogP contribution in [-0.2, 0) is 16.0 Å². The Morgan fingerprint density at radius 2 is 1.83 bits per heavy atom. The number of hydrogen-bond donors (Lipinski definition) is 1. The van der Waals surface area contributed by atoms with Crippen molar-refractivity contribution in [1.82, 2.24) is 4.98 Å². The predicted molar refractivity (Wildman–Crippen MR) is 97.3 cm³/mol. The zero-order chi connectivity index (χ0) is 15.4. The van der Waals surface area contributed by atoms with Gasteiger partial charge in [0.05, 0.1) is 7.11 Å². The van der Waals surface area contributed by atoms with Gasteiger partial charge in [0.25, 0.3) is 0 Å². The monoisotopic (exact) mass is 356 g/mol. The van der Waals surface area contributed by atoms with E-state index in [0.717, 1.165) is 22.4 Å². The van der Waals surface area contributed by atoms with Gasteiger partial charge in [0.1, 0.15) is 6.04 Å². The normalized spacial score (nSPS) is 11.0. The topological polar surface area (TPSA) is 65.2 Å². The number of aryl methyl sites for hydroxylation is 2. The van der Waals surface area contributed by atoms with Gasteiger partial charge in [-0.1, -0.05) is 24.3 Å². The number of benzene rings is 1. The lowest BCUT2D eigenvalue weighted by atomic mass is 9.98. The van der Waals surface area contributed by atoms with E-state index in [0.29, 0.717) is 6.42 Å². The van der Waals surface area contributed by atoms with E-state index in [9.17, 15) is 4.79 Å². The first-order valence-electron chi connectivity index (χ1n) is 6.87. The Morgan fingerprint density at radius 1 is 1.22 bits per heavy atom. The van der Waals surface area contributed by atoms with E-state index in [-0.39, 0.29) is 30.8 Å². The number of ether oxygens (including phenoxy) is 1. The molecule has 0 fully saturated rings. The van der Waals surface area contributed by atoms with Crippen molar-refractivity contribution in [3.8, 4) is 11.1 Å². The van der Waals surface area contributed by atoms with Gasteiger partial charge in [-0.2, -0.15) is 0 Å². The van der Waals surface area contributed by atoms with E-state index >= 15 is 0 Å². The number of hydrogen-bond acceptors (Lipinski definition) is 4. The summed E-state index contributed by atoms with van der Waals surface area (Å²) in [5.74, 6) is -0.389. The van der Waals surface area contributed by atoms with Crippen LogP contribution in [0.15, 0.2) is 36.5 Å². The standard InChI is InChI=1S/C17H20N2O2.2ClH/c1-11-10-19-12(2)8-15(11)14-6-4-13(5-7-14)9-16(18)17(20)21-3;;/h4-8,10,16H,9,18H2,1-3H3;2*1H/t16-;;/m0../s1. The number of nitrogens with two attached hydrogens (primary N) is 1. The predicted octanol–water partition coefficient (Wildman–Crippen LogP) is 3.25. The van der Waals surface area contributed by atoms with Crippen LogP contribution in [-0.4, -0.2) is 24.1 Å². The number of rotatable bonds is 4. The molecule has 0 aliphatic heterocycles. The fourth-order valence-electron chi connectivity index (χ4n) is 2.25. The third-order valence-electron chi connectivity index (χ3n) is 3.46. The number of carbonyl (C=O) groups is 1. The van der Waals surface area contributed by atoms with Crippen molar-refractivity contribution in [2.24, 2.45) is 5.73 Å². The number of nitrogens with zero attached hydrogens (tertiary/aromatic N) is 1. The molecule has 126 valence electrons. The number of esters is 1. The van der Waals surface area contributed by atoms with Crippen LogP contribution in [0.3, 0.4) is 0 Å². The summed E-state index contributed by atoms with van der Waals surface area (Å²) in [5, 5.41) is 0. The third kappa shape index (κ3) is 5.50. The molecule has 1 aromatic heterocycles. The van der Waals surface area contributed by atoms with Crippen molar-refractivity contribution in [2.45, 2.75) is 26.3 Å². The van der Waals surface area contributed by atoms with Crippen molar-refractivity contribution in [2.75, 3.05) is 7.11 Å². The molecule has 0 unspecified atom stereocenters. The molecule has 1 aromatic carbocycles. The maximum absolute atomic E-state index is 11.3. The summed E-state index contributed by atoms with van der Waals surface area (Å²) >= 11 is 0. The minimum absolute atomic E-state index is 0. The fourth-order valence-corrected chi connectivity index (χ4v) is 2.25. The summed E-state index contributed by atoms with van der Waals surface area (Å²) in [6.45, 7) is 4.02. The summed E-state index contributed by atoms with van der Waals surface area (Å²) in [7, 11) is 1.35. The molecule has 1 heterocycles. The van der Waals surface area contributed by atoms with Crippen LogP contribution in [0.25, 0.3) is 11.1 Å². The Balaban J connectivity index is 0.00000242.